The summed E-state index contributed by atoms with van der Waals surface area (Å²) in [5.74, 6) is 0.363. The maximum atomic E-state index is 5.37. The van der Waals surface area contributed by atoms with Crippen LogP contribution in [-0.2, 0) is 9.31 Å². The molecule has 0 saturated carbocycles. The molecule has 2 aliphatic rings. The summed E-state index contributed by atoms with van der Waals surface area (Å²) in [4.78, 5) is 0. The topological polar surface area (TPSA) is 30.5 Å². The van der Waals surface area contributed by atoms with E-state index in [0.29, 0.717) is 5.94 Å². The molecule has 60 valence electrons. The van der Waals surface area contributed by atoms with Gasteiger partial charge in [0, 0.05) is 12.5 Å². The van der Waals surface area contributed by atoms with Gasteiger partial charge in [0.05, 0.1) is 13.2 Å². The lowest BCUT2D eigenvalue weighted by molar-refractivity contribution is 0.345. The second-order valence-electron chi connectivity index (χ2n) is 2.83. The lowest BCUT2D eigenvalue weighted by Crippen LogP contribution is -2.45. The van der Waals surface area contributed by atoms with E-state index in [1.807, 2.05) is 0 Å². The summed E-state index contributed by atoms with van der Waals surface area (Å²) in [6, 6.07) is 0. The zero-order valence-corrected chi connectivity index (χ0v) is 6.45. The molecule has 2 heterocycles. The van der Waals surface area contributed by atoms with Crippen LogP contribution in [0.3, 0.4) is 0 Å². The fourth-order valence-electron chi connectivity index (χ4n) is 1.45. The molecule has 0 spiro atoms. The summed E-state index contributed by atoms with van der Waals surface area (Å²) in [5.41, 5.74) is 0. The molecule has 0 aromatic heterocycles. The minimum absolute atomic E-state index is 0.0139. The first-order chi connectivity index (χ1) is 5.47. The highest BCUT2D eigenvalue weighted by Crippen LogP contribution is 2.09. The van der Waals surface area contributed by atoms with Crippen molar-refractivity contribution in [3.8, 4) is 0 Å². The van der Waals surface area contributed by atoms with Crippen molar-refractivity contribution < 1.29 is 9.31 Å². The van der Waals surface area contributed by atoms with Gasteiger partial charge in [-0.25, -0.2) is 0 Å². The Balaban J connectivity index is 1.88. The summed E-state index contributed by atoms with van der Waals surface area (Å²) >= 11 is 0. The van der Waals surface area contributed by atoms with E-state index in [2.05, 4.69) is 17.5 Å². The maximum absolute atomic E-state index is 5.37. The second kappa shape index (κ2) is 3.39. The molecule has 0 radical (unpaired) electrons. The Morgan fingerprint density at radius 1 is 1.27 bits per heavy atom. The minimum Gasteiger partial charge on any atom is -0.408 e. The predicted octanol–water partition coefficient (Wildman–Crippen LogP) is -0.0213. The molecule has 1 N–H and O–H groups in total. The third kappa shape index (κ3) is 1.64. The first-order valence-corrected chi connectivity index (χ1v) is 4.08. The van der Waals surface area contributed by atoms with Crippen molar-refractivity contribution in [2.24, 2.45) is 0 Å². The number of hydrogen-bond donors (Lipinski definition) is 1. The fourth-order valence-corrected chi connectivity index (χ4v) is 1.45. The van der Waals surface area contributed by atoms with E-state index in [1.165, 1.54) is 0 Å². The lowest BCUT2D eigenvalue weighted by atomic mass is 9.76. The van der Waals surface area contributed by atoms with Crippen molar-refractivity contribution in [1.29, 1.82) is 0 Å². The van der Waals surface area contributed by atoms with Crippen molar-refractivity contribution in [3.05, 3.63) is 12.2 Å². The molecule has 0 aromatic carbocycles. The van der Waals surface area contributed by atoms with Crippen LogP contribution in [0.4, 0.5) is 0 Å². The van der Waals surface area contributed by atoms with E-state index in [-0.39, 0.29) is 7.12 Å². The Labute approximate surface area is 66.9 Å². The van der Waals surface area contributed by atoms with Crippen molar-refractivity contribution >= 4 is 7.12 Å². The summed E-state index contributed by atoms with van der Waals surface area (Å²) < 4.78 is 10.7. The van der Waals surface area contributed by atoms with Gasteiger partial charge in [0.1, 0.15) is 0 Å². The van der Waals surface area contributed by atoms with Gasteiger partial charge in [0.25, 0.3) is 0 Å². The number of rotatable bonds is 1. The zero-order valence-electron chi connectivity index (χ0n) is 6.45. The van der Waals surface area contributed by atoms with Gasteiger partial charge in [-0.15, -0.1) is 0 Å². The van der Waals surface area contributed by atoms with E-state index in [1.54, 1.807) is 0 Å². The predicted molar refractivity (Wildman–Crippen MR) is 43.2 cm³/mol. The molecule has 3 nitrogen and oxygen atoms in total. The Morgan fingerprint density at radius 3 is 2.73 bits per heavy atom. The highest BCUT2D eigenvalue weighted by Gasteiger charge is 2.33. The Bertz CT molecular complexity index is 157. The largest absolute Gasteiger partial charge is 0.475 e. The van der Waals surface area contributed by atoms with E-state index >= 15 is 0 Å². The van der Waals surface area contributed by atoms with Gasteiger partial charge < -0.3 is 14.6 Å². The standard InChI is InChI=1S/C7H12BNO2/c1-2-4-9-7(3-1)8-10-5-6-11-8/h1-2,7,9H,3-6H2. The smallest absolute Gasteiger partial charge is 0.408 e. The van der Waals surface area contributed by atoms with Gasteiger partial charge in [-0.3, -0.25) is 0 Å². The summed E-state index contributed by atoms with van der Waals surface area (Å²) in [5, 5.41) is 3.32. The molecule has 1 atom stereocenters. The average molecular weight is 153 g/mol. The van der Waals surface area contributed by atoms with Gasteiger partial charge in [-0.1, -0.05) is 12.2 Å². The molecule has 1 unspecified atom stereocenters. The second-order valence-corrected chi connectivity index (χ2v) is 2.83. The number of nitrogens with one attached hydrogen (secondary N) is 1. The van der Waals surface area contributed by atoms with Crippen LogP contribution in [0.25, 0.3) is 0 Å². The molecule has 0 aliphatic carbocycles. The van der Waals surface area contributed by atoms with Crippen molar-refractivity contribution in [3.63, 3.8) is 0 Å². The monoisotopic (exact) mass is 153 g/mol. The molecule has 2 aliphatic heterocycles. The van der Waals surface area contributed by atoms with Crippen LogP contribution in [-0.4, -0.2) is 32.8 Å². The van der Waals surface area contributed by atoms with Crippen LogP contribution in [0, 0.1) is 0 Å². The molecule has 0 amide bonds. The van der Waals surface area contributed by atoms with Crippen LogP contribution in [0.5, 0.6) is 0 Å². The number of hydrogen-bond acceptors (Lipinski definition) is 3. The molecule has 0 aromatic rings. The summed E-state index contributed by atoms with van der Waals surface area (Å²) in [7, 11) is -0.0139. The molecule has 4 heteroatoms. The third-order valence-corrected chi connectivity index (χ3v) is 2.03. The lowest BCUT2D eigenvalue weighted by Gasteiger charge is -2.20. The van der Waals surface area contributed by atoms with E-state index in [9.17, 15) is 0 Å². The SMILES string of the molecule is C1=CCC(B2OCCO2)NC1. The zero-order chi connectivity index (χ0) is 7.52. The van der Waals surface area contributed by atoms with Crippen LogP contribution in [0.1, 0.15) is 6.42 Å². The van der Waals surface area contributed by atoms with Crippen LogP contribution in [0.15, 0.2) is 12.2 Å². The normalized spacial score (nSPS) is 31.3. The van der Waals surface area contributed by atoms with Gasteiger partial charge in [0.15, 0.2) is 0 Å². The Morgan fingerprint density at radius 2 is 2.09 bits per heavy atom. The Kier molecular flexibility index (Phi) is 2.26. The van der Waals surface area contributed by atoms with Crippen LogP contribution in [0.2, 0.25) is 0 Å². The van der Waals surface area contributed by atoms with E-state index < -0.39 is 0 Å². The first kappa shape index (κ1) is 7.34. The summed E-state index contributed by atoms with van der Waals surface area (Å²) in [6.45, 7) is 2.42. The van der Waals surface area contributed by atoms with Gasteiger partial charge >= 0.3 is 7.12 Å². The molecule has 1 saturated heterocycles. The maximum Gasteiger partial charge on any atom is 0.475 e. The van der Waals surface area contributed by atoms with Crippen LogP contribution < -0.4 is 5.32 Å². The first-order valence-electron chi connectivity index (χ1n) is 4.08. The van der Waals surface area contributed by atoms with Crippen molar-refractivity contribution in [2.75, 3.05) is 19.8 Å². The average Bonchev–Trinajstić information content (AvgIpc) is 2.58. The molecule has 0 bridgehead atoms. The highest BCUT2D eigenvalue weighted by molar-refractivity contribution is 6.47. The van der Waals surface area contributed by atoms with Gasteiger partial charge in [-0.2, -0.15) is 0 Å². The fraction of sp³-hybridized carbons (Fsp3) is 0.714. The van der Waals surface area contributed by atoms with E-state index in [0.717, 1.165) is 26.2 Å². The van der Waals surface area contributed by atoms with Crippen molar-refractivity contribution in [2.45, 2.75) is 12.4 Å². The van der Waals surface area contributed by atoms with Gasteiger partial charge in [0.2, 0.25) is 0 Å². The van der Waals surface area contributed by atoms with Crippen molar-refractivity contribution in [1.82, 2.24) is 5.32 Å². The molecular formula is C7H12BNO2. The summed E-state index contributed by atoms with van der Waals surface area (Å²) in [6.07, 6.45) is 5.32. The Hall–Kier alpha value is -0.315. The quantitative estimate of drug-likeness (QED) is 0.424. The van der Waals surface area contributed by atoms with E-state index in [4.69, 9.17) is 9.31 Å². The molecular weight excluding hydrogens is 141 g/mol. The molecule has 11 heavy (non-hydrogen) atoms. The highest BCUT2D eigenvalue weighted by atomic mass is 16.6. The van der Waals surface area contributed by atoms with Gasteiger partial charge in [-0.05, 0) is 6.42 Å². The molecule has 1 fully saturated rings. The minimum atomic E-state index is -0.0139. The third-order valence-electron chi connectivity index (χ3n) is 2.03. The molecule has 2 rings (SSSR count). The van der Waals surface area contributed by atoms with Crippen LogP contribution >= 0.6 is 0 Å².